The second-order valence-corrected chi connectivity index (χ2v) is 5.32. The number of rotatable bonds is 4. The first-order valence-electron chi connectivity index (χ1n) is 6.54. The molecule has 0 bridgehead atoms. The number of hydrogen-bond donors (Lipinski definition) is 2. The Hall–Kier alpha value is -2.01. The lowest BCUT2D eigenvalue weighted by molar-refractivity contribution is -0.146. The largest absolute Gasteiger partial charge is 0.495 e. The molecule has 21 heavy (non-hydrogen) atoms. The highest BCUT2D eigenvalue weighted by Crippen LogP contribution is 2.33. The predicted octanol–water partition coefficient (Wildman–Crippen LogP) is 2.87. The van der Waals surface area contributed by atoms with E-state index >= 15 is 0 Å². The van der Waals surface area contributed by atoms with Gasteiger partial charge in [0.05, 0.1) is 24.6 Å². The van der Waals surface area contributed by atoms with Gasteiger partial charge in [-0.2, -0.15) is 0 Å². The van der Waals surface area contributed by atoms with Crippen LogP contribution in [-0.4, -0.2) is 24.1 Å². The molecule has 5 nitrogen and oxygen atoms in total. The van der Waals surface area contributed by atoms with E-state index < -0.39 is 17.8 Å². The zero-order chi connectivity index (χ0) is 15.4. The lowest BCUT2D eigenvalue weighted by Crippen LogP contribution is -2.35. The van der Waals surface area contributed by atoms with Crippen molar-refractivity contribution in [3.05, 3.63) is 35.4 Å². The number of nitrogens with one attached hydrogen (secondary N) is 1. The summed E-state index contributed by atoms with van der Waals surface area (Å²) < 4.78 is 5.16. The summed E-state index contributed by atoms with van der Waals surface area (Å²) in [5.74, 6) is -2.28. The minimum atomic E-state index is -0.990. The van der Waals surface area contributed by atoms with Crippen LogP contribution in [0.2, 0.25) is 0 Å². The van der Waals surface area contributed by atoms with Gasteiger partial charge in [0, 0.05) is 5.03 Å². The van der Waals surface area contributed by atoms with Crippen LogP contribution in [0.25, 0.3) is 0 Å². The summed E-state index contributed by atoms with van der Waals surface area (Å²) >= 11 is 5.95. The quantitative estimate of drug-likeness (QED) is 0.896. The molecule has 0 radical (unpaired) electrons. The molecule has 0 aliphatic heterocycles. The van der Waals surface area contributed by atoms with E-state index in [1.54, 1.807) is 30.3 Å². The third kappa shape index (κ3) is 3.55. The fraction of sp³-hybridized carbons (Fsp3) is 0.333. The number of ether oxygens (including phenoxy) is 1. The van der Waals surface area contributed by atoms with Gasteiger partial charge in [0.2, 0.25) is 5.91 Å². The molecule has 0 saturated carbocycles. The molecule has 6 heteroatoms. The normalized spacial score (nSPS) is 21.3. The number of methoxy groups -OCH3 is 1. The Labute approximate surface area is 127 Å². The van der Waals surface area contributed by atoms with E-state index in [9.17, 15) is 14.7 Å². The first kappa shape index (κ1) is 15.4. The summed E-state index contributed by atoms with van der Waals surface area (Å²) in [6.07, 6.45) is 2.16. The van der Waals surface area contributed by atoms with Crippen molar-refractivity contribution in [2.75, 3.05) is 12.4 Å². The number of anilines is 1. The van der Waals surface area contributed by atoms with Gasteiger partial charge in [-0.25, -0.2) is 0 Å². The number of carboxylic acid groups (broad SMARTS) is 1. The van der Waals surface area contributed by atoms with Crippen molar-refractivity contribution in [1.29, 1.82) is 0 Å². The van der Waals surface area contributed by atoms with Gasteiger partial charge in [0.15, 0.2) is 0 Å². The molecule has 2 atom stereocenters. The molecule has 1 aromatic carbocycles. The van der Waals surface area contributed by atoms with Gasteiger partial charge in [-0.3, -0.25) is 9.59 Å². The van der Waals surface area contributed by atoms with Crippen LogP contribution in [0.15, 0.2) is 35.4 Å². The number of benzene rings is 1. The van der Waals surface area contributed by atoms with Gasteiger partial charge in [-0.1, -0.05) is 29.8 Å². The average Bonchev–Trinajstić information content (AvgIpc) is 2.47. The Bertz CT molecular complexity index is 585. The van der Waals surface area contributed by atoms with E-state index in [2.05, 4.69) is 5.32 Å². The number of carbonyl (C=O) groups excluding carboxylic acids is 1. The Morgan fingerprint density at radius 2 is 2.05 bits per heavy atom. The summed E-state index contributed by atoms with van der Waals surface area (Å²) in [7, 11) is 1.51. The summed E-state index contributed by atoms with van der Waals surface area (Å²) in [5.41, 5.74) is 0.514. The summed E-state index contributed by atoms with van der Waals surface area (Å²) in [5, 5.41) is 12.5. The van der Waals surface area contributed by atoms with Crippen molar-refractivity contribution in [3.63, 3.8) is 0 Å². The number of aliphatic carboxylic acids is 1. The molecule has 112 valence electrons. The number of amides is 1. The van der Waals surface area contributed by atoms with Crippen LogP contribution in [0.5, 0.6) is 5.75 Å². The zero-order valence-corrected chi connectivity index (χ0v) is 12.3. The lowest BCUT2D eigenvalue weighted by atomic mass is 9.82. The summed E-state index contributed by atoms with van der Waals surface area (Å²) in [6, 6.07) is 6.97. The lowest BCUT2D eigenvalue weighted by Gasteiger charge is -2.26. The third-order valence-corrected chi connectivity index (χ3v) is 3.82. The van der Waals surface area contributed by atoms with E-state index in [1.807, 2.05) is 0 Å². The maximum absolute atomic E-state index is 12.4. The second kappa shape index (κ2) is 6.63. The van der Waals surface area contributed by atoms with Crippen LogP contribution in [0.1, 0.15) is 12.8 Å². The van der Waals surface area contributed by atoms with E-state index in [0.29, 0.717) is 16.5 Å². The van der Waals surface area contributed by atoms with E-state index in [1.165, 1.54) is 7.11 Å². The van der Waals surface area contributed by atoms with Gasteiger partial charge >= 0.3 is 5.97 Å². The van der Waals surface area contributed by atoms with Gasteiger partial charge in [0.25, 0.3) is 0 Å². The standard InChI is InChI=1S/C15H16ClNO4/c1-21-13-5-3-2-4-12(13)17-14(18)11-8-9(16)6-7-10(11)15(19)20/h2-6,10-11H,7-8H2,1H3,(H,17,18)(H,19,20)/t10-,11-/m1/s1. The molecule has 0 saturated heterocycles. The van der Waals surface area contributed by atoms with Crippen LogP contribution in [-0.2, 0) is 9.59 Å². The summed E-state index contributed by atoms with van der Waals surface area (Å²) in [4.78, 5) is 23.7. The summed E-state index contributed by atoms with van der Waals surface area (Å²) in [6.45, 7) is 0. The SMILES string of the molecule is COc1ccccc1NC(=O)[C@@H]1CC(Cl)=CC[C@H]1C(=O)O. The van der Waals surface area contributed by atoms with Crippen LogP contribution in [0, 0.1) is 11.8 Å². The van der Waals surface area contributed by atoms with E-state index in [0.717, 1.165) is 0 Å². The fourth-order valence-corrected chi connectivity index (χ4v) is 2.63. The van der Waals surface area contributed by atoms with Crippen molar-refractivity contribution in [2.45, 2.75) is 12.8 Å². The van der Waals surface area contributed by atoms with Crippen molar-refractivity contribution in [2.24, 2.45) is 11.8 Å². The molecule has 0 unspecified atom stereocenters. The Kier molecular flexibility index (Phi) is 4.85. The molecular formula is C15H16ClNO4. The molecule has 1 aliphatic carbocycles. The maximum Gasteiger partial charge on any atom is 0.307 e. The highest BCUT2D eigenvalue weighted by Gasteiger charge is 2.36. The molecule has 1 amide bonds. The van der Waals surface area contributed by atoms with Gasteiger partial charge in [-0.05, 0) is 25.0 Å². The van der Waals surface area contributed by atoms with E-state index in [-0.39, 0.29) is 18.7 Å². The predicted molar refractivity (Wildman–Crippen MR) is 79.4 cm³/mol. The minimum Gasteiger partial charge on any atom is -0.495 e. The highest BCUT2D eigenvalue weighted by atomic mass is 35.5. The van der Waals surface area contributed by atoms with E-state index in [4.69, 9.17) is 16.3 Å². The topological polar surface area (TPSA) is 75.6 Å². The fourth-order valence-electron chi connectivity index (χ4n) is 2.38. The first-order chi connectivity index (χ1) is 10.0. The molecule has 0 aromatic heterocycles. The molecule has 0 heterocycles. The Balaban J connectivity index is 2.18. The molecule has 2 N–H and O–H groups in total. The molecular weight excluding hydrogens is 294 g/mol. The van der Waals surface area contributed by atoms with Crippen LogP contribution in [0.3, 0.4) is 0 Å². The molecule has 2 rings (SSSR count). The van der Waals surface area contributed by atoms with Crippen LogP contribution < -0.4 is 10.1 Å². The molecule has 1 aliphatic rings. The number of carboxylic acids is 1. The van der Waals surface area contributed by atoms with Crippen LogP contribution in [0.4, 0.5) is 5.69 Å². The van der Waals surface area contributed by atoms with Gasteiger partial charge in [0.1, 0.15) is 5.75 Å². The van der Waals surface area contributed by atoms with Crippen molar-refractivity contribution in [3.8, 4) is 5.75 Å². The highest BCUT2D eigenvalue weighted by molar-refractivity contribution is 6.29. The zero-order valence-electron chi connectivity index (χ0n) is 11.5. The van der Waals surface area contributed by atoms with Crippen LogP contribution >= 0.6 is 11.6 Å². The number of allylic oxidation sites excluding steroid dienone is 2. The minimum absolute atomic E-state index is 0.236. The smallest absolute Gasteiger partial charge is 0.307 e. The Morgan fingerprint density at radius 1 is 1.33 bits per heavy atom. The number of para-hydroxylation sites is 2. The van der Waals surface area contributed by atoms with Gasteiger partial charge < -0.3 is 15.2 Å². The molecule has 1 aromatic rings. The van der Waals surface area contributed by atoms with Crippen molar-refractivity contribution >= 4 is 29.2 Å². The van der Waals surface area contributed by atoms with Crippen molar-refractivity contribution in [1.82, 2.24) is 0 Å². The number of carbonyl (C=O) groups is 2. The van der Waals surface area contributed by atoms with Gasteiger partial charge in [-0.15, -0.1) is 0 Å². The average molecular weight is 310 g/mol. The first-order valence-corrected chi connectivity index (χ1v) is 6.92. The number of halogens is 1. The molecule has 0 fully saturated rings. The molecule has 0 spiro atoms. The monoisotopic (exact) mass is 309 g/mol. The number of hydrogen-bond acceptors (Lipinski definition) is 3. The third-order valence-electron chi connectivity index (χ3n) is 3.51. The Morgan fingerprint density at radius 3 is 2.71 bits per heavy atom. The van der Waals surface area contributed by atoms with Crippen molar-refractivity contribution < 1.29 is 19.4 Å². The second-order valence-electron chi connectivity index (χ2n) is 4.83. The maximum atomic E-state index is 12.4.